The average molecular weight is 343 g/mol. The van der Waals surface area contributed by atoms with Crippen molar-refractivity contribution in [1.29, 1.82) is 0 Å². The number of alkyl halides is 3. The summed E-state index contributed by atoms with van der Waals surface area (Å²) in [4.78, 5) is 19.9. The summed E-state index contributed by atoms with van der Waals surface area (Å²) in [7, 11) is 0. The molecule has 2 fully saturated rings. The van der Waals surface area contributed by atoms with E-state index in [2.05, 4.69) is 9.88 Å². The van der Waals surface area contributed by atoms with E-state index in [-0.39, 0.29) is 18.1 Å². The molecule has 2 atom stereocenters. The normalized spacial score (nSPS) is 26.3. The van der Waals surface area contributed by atoms with E-state index in [9.17, 15) is 18.0 Å². The first-order valence-electron chi connectivity index (χ1n) is 8.07. The molecule has 0 aliphatic carbocycles. The van der Waals surface area contributed by atoms with Crippen molar-refractivity contribution in [2.75, 3.05) is 31.1 Å². The summed E-state index contributed by atoms with van der Waals surface area (Å²) in [6.45, 7) is 4.63. The van der Waals surface area contributed by atoms with Gasteiger partial charge in [0.2, 0.25) is 0 Å². The molecule has 5 nitrogen and oxygen atoms in total. The highest BCUT2D eigenvalue weighted by Crippen LogP contribution is 2.29. The van der Waals surface area contributed by atoms with Crippen molar-refractivity contribution in [1.82, 2.24) is 9.88 Å². The van der Waals surface area contributed by atoms with Gasteiger partial charge in [-0.05, 0) is 25.5 Å². The van der Waals surface area contributed by atoms with Crippen LogP contribution in [0.4, 0.5) is 19.0 Å². The number of pyridine rings is 1. The molecule has 0 aromatic carbocycles. The number of hydrogen-bond acceptors (Lipinski definition) is 5. The molecule has 2 aliphatic rings. The fraction of sp³-hybridized carbons (Fsp3) is 0.625. The first kappa shape index (κ1) is 17.0. The first-order valence-corrected chi connectivity index (χ1v) is 8.07. The highest BCUT2D eigenvalue weighted by molar-refractivity contribution is 5.78. The molecule has 0 unspecified atom stereocenters. The van der Waals surface area contributed by atoms with Gasteiger partial charge in [0.15, 0.2) is 0 Å². The molecule has 0 radical (unpaired) electrons. The minimum atomic E-state index is -4.37. The summed E-state index contributed by atoms with van der Waals surface area (Å²) in [6.07, 6.45) is -2.05. The molecular formula is C16H20F3N3O2. The highest BCUT2D eigenvalue weighted by Gasteiger charge is 2.37. The zero-order valence-corrected chi connectivity index (χ0v) is 13.4. The topological polar surface area (TPSA) is 45.7 Å². The number of halogens is 3. The van der Waals surface area contributed by atoms with Crippen molar-refractivity contribution >= 4 is 11.8 Å². The molecule has 8 heteroatoms. The van der Waals surface area contributed by atoms with Crippen molar-refractivity contribution in [3.63, 3.8) is 0 Å². The molecule has 1 aromatic rings. The lowest BCUT2D eigenvalue weighted by Crippen LogP contribution is -2.41. The van der Waals surface area contributed by atoms with Gasteiger partial charge in [-0.25, -0.2) is 4.98 Å². The van der Waals surface area contributed by atoms with Crippen LogP contribution in [0, 0.1) is 0 Å². The number of hydrogen-bond donors (Lipinski definition) is 0. The van der Waals surface area contributed by atoms with E-state index in [1.165, 1.54) is 6.07 Å². The van der Waals surface area contributed by atoms with Crippen LogP contribution in [0.3, 0.4) is 0 Å². The smallest absolute Gasteiger partial charge is 0.417 e. The van der Waals surface area contributed by atoms with Crippen LogP contribution in [0.1, 0.15) is 25.3 Å². The molecule has 132 valence electrons. The molecule has 2 aliphatic heterocycles. The molecule has 3 heterocycles. The first-order chi connectivity index (χ1) is 11.3. The number of rotatable bonds is 2. The lowest BCUT2D eigenvalue weighted by atomic mass is 10.1. The maximum atomic E-state index is 12.6. The van der Waals surface area contributed by atoms with Gasteiger partial charge in [0.1, 0.15) is 18.0 Å². The lowest BCUT2D eigenvalue weighted by molar-refractivity contribution is -0.144. The number of cyclic esters (lactones) is 1. The fourth-order valence-corrected chi connectivity index (χ4v) is 3.25. The van der Waals surface area contributed by atoms with E-state index in [0.29, 0.717) is 31.9 Å². The number of nitrogens with zero attached hydrogens (tertiary/aromatic N) is 3. The Kier molecular flexibility index (Phi) is 4.67. The zero-order valence-electron chi connectivity index (χ0n) is 13.4. The Balaban J connectivity index is 1.64. The van der Waals surface area contributed by atoms with Gasteiger partial charge in [-0.2, -0.15) is 13.2 Å². The summed E-state index contributed by atoms with van der Waals surface area (Å²) < 4.78 is 43.1. The number of anilines is 1. The fourth-order valence-electron chi connectivity index (χ4n) is 3.25. The number of carbonyl (C=O) groups excluding carboxylic acids is 1. The second kappa shape index (κ2) is 6.58. The molecule has 2 saturated heterocycles. The minimum absolute atomic E-state index is 0.0570. The van der Waals surface area contributed by atoms with Gasteiger partial charge in [0.25, 0.3) is 0 Å². The van der Waals surface area contributed by atoms with Crippen LogP contribution in [0.25, 0.3) is 0 Å². The lowest BCUT2D eigenvalue weighted by Gasteiger charge is -2.25. The number of aromatic nitrogens is 1. The summed E-state index contributed by atoms with van der Waals surface area (Å²) in [5, 5.41) is 0. The molecule has 0 spiro atoms. The molecule has 0 amide bonds. The van der Waals surface area contributed by atoms with Crippen LogP contribution < -0.4 is 4.90 Å². The van der Waals surface area contributed by atoms with Gasteiger partial charge in [-0.3, -0.25) is 9.69 Å². The van der Waals surface area contributed by atoms with Crippen molar-refractivity contribution < 1.29 is 22.7 Å². The molecule has 3 rings (SSSR count). The van der Waals surface area contributed by atoms with Gasteiger partial charge in [-0.15, -0.1) is 0 Å². The molecular weight excluding hydrogens is 323 g/mol. The summed E-state index contributed by atoms with van der Waals surface area (Å²) in [6, 6.07) is 2.26. The van der Waals surface area contributed by atoms with Crippen LogP contribution >= 0.6 is 0 Å². The maximum absolute atomic E-state index is 12.6. The van der Waals surface area contributed by atoms with E-state index >= 15 is 0 Å². The Morgan fingerprint density at radius 3 is 2.58 bits per heavy atom. The Morgan fingerprint density at radius 1 is 1.21 bits per heavy atom. The van der Waals surface area contributed by atoms with E-state index in [1.54, 1.807) is 0 Å². The van der Waals surface area contributed by atoms with Gasteiger partial charge >= 0.3 is 12.1 Å². The number of esters is 1. The van der Waals surface area contributed by atoms with Gasteiger partial charge in [0.05, 0.1) is 5.56 Å². The number of carbonyl (C=O) groups is 1. The van der Waals surface area contributed by atoms with E-state index in [4.69, 9.17) is 4.74 Å². The summed E-state index contributed by atoms with van der Waals surface area (Å²) in [5.74, 6) is 0.357. The van der Waals surface area contributed by atoms with Crippen LogP contribution in [0.5, 0.6) is 0 Å². The summed E-state index contributed by atoms with van der Waals surface area (Å²) in [5.41, 5.74) is -0.745. The van der Waals surface area contributed by atoms with Crippen LogP contribution in [-0.2, 0) is 15.7 Å². The second-order valence-corrected chi connectivity index (χ2v) is 6.28. The molecule has 0 saturated carbocycles. The van der Waals surface area contributed by atoms with Crippen LogP contribution in [-0.4, -0.2) is 54.2 Å². The van der Waals surface area contributed by atoms with E-state index in [1.807, 2.05) is 11.8 Å². The molecule has 24 heavy (non-hydrogen) atoms. The van der Waals surface area contributed by atoms with Crippen molar-refractivity contribution in [3.8, 4) is 0 Å². The van der Waals surface area contributed by atoms with Crippen molar-refractivity contribution in [3.05, 3.63) is 23.9 Å². The Bertz CT molecular complexity index is 591. The van der Waals surface area contributed by atoms with Crippen LogP contribution in [0.15, 0.2) is 18.3 Å². The monoisotopic (exact) mass is 343 g/mol. The molecule has 0 N–H and O–H groups in total. The standard InChI is InChI=1S/C16H20F3N3O2/c1-11-9-13(15(23)24-11)21-5-2-6-22(8-7-21)14-4-3-12(10-20-14)16(17,18)19/h3-4,10-11,13H,2,5-9H2,1H3/t11-,13+/m0/s1. The SMILES string of the molecule is C[C@H]1C[C@@H](N2CCCN(c3ccc(C(F)(F)F)cn3)CC2)C(=O)O1. The molecule has 1 aromatic heterocycles. The third-order valence-corrected chi connectivity index (χ3v) is 4.52. The third kappa shape index (κ3) is 3.63. The van der Waals surface area contributed by atoms with Gasteiger partial charge in [-0.1, -0.05) is 0 Å². The van der Waals surface area contributed by atoms with Gasteiger partial charge < -0.3 is 9.64 Å². The largest absolute Gasteiger partial charge is 0.461 e. The minimum Gasteiger partial charge on any atom is -0.461 e. The van der Waals surface area contributed by atoms with Gasteiger partial charge in [0, 0.05) is 38.8 Å². The zero-order chi connectivity index (χ0) is 17.3. The summed E-state index contributed by atoms with van der Waals surface area (Å²) >= 11 is 0. The van der Waals surface area contributed by atoms with E-state index < -0.39 is 11.7 Å². The van der Waals surface area contributed by atoms with Crippen molar-refractivity contribution in [2.24, 2.45) is 0 Å². The second-order valence-electron chi connectivity index (χ2n) is 6.28. The predicted molar refractivity (Wildman–Crippen MR) is 81.6 cm³/mol. The quantitative estimate of drug-likeness (QED) is 0.771. The van der Waals surface area contributed by atoms with Crippen LogP contribution in [0.2, 0.25) is 0 Å². The molecule has 0 bridgehead atoms. The maximum Gasteiger partial charge on any atom is 0.417 e. The average Bonchev–Trinajstić information content (AvgIpc) is 2.74. The third-order valence-electron chi connectivity index (χ3n) is 4.52. The van der Waals surface area contributed by atoms with E-state index in [0.717, 1.165) is 25.2 Å². The van der Waals surface area contributed by atoms with Crippen molar-refractivity contribution in [2.45, 2.75) is 38.1 Å². The highest BCUT2D eigenvalue weighted by atomic mass is 19.4. The Morgan fingerprint density at radius 2 is 2.00 bits per heavy atom. The predicted octanol–water partition coefficient (Wildman–Crippen LogP) is 2.32. The Labute approximate surface area is 138 Å². The number of ether oxygens (including phenoxy) is 1. The Hall–Kier alpha value is -1.83.